The van der Waals surface area contributed by atoms with Gasteiger partial charge in [-0.3, -0.25) is 19.2 Å². The first-order valence-corrected chi connectivity index (χ1v) is 14.6. The van der Waals surface area contributed by atoms with Crippen LogP contribution < -0.4 is 10.1 Å². The summed E-state index contributed by atoms with van der Waals surface area (Å²) < 4.78 is 40.6. The minimum atomic E-state index is -3.83. The Morgan fingerprint density at radius 2 is 1.45 bits per heavy atom. The fraction of sp³-hybridized carbons (Fsp3) is 0.444. The molecule has 15 heteroatoms. The van der Waals surface area contributed by atoms with Gasteiger partial charge in [-0.25, -0.2) is 23.2 Å². The number of carboxylic acids is 1. The summed E-state index contributed by atoms with van der Waals surface area (Å²) in [6, 6.07) is 5.21. The predicted octanol–water partition coefficient (Wildman–Crippen LogP) is 0.965. The van der Waals surface area contributed by atoms with Crippen LogP contribution in [0.5, 0.6) is 5.75 Å². The highest BCUT2D eigenvalue weighted by atomic mass is 32.2. The third-order valence-corrected chi connectivity index (χ3v) is 6.96. The summed E-state index contributed by atoms with van der Waals surface area (Å²) >= 11 is 0. The summed E-state index contributed by atoms with van der Waals surface area (Å²) in [5.41, 5.74) is 0.0393. The topological polar surface area (TPSA) is 205 Å². The molecule has 0 aliphatic rings. The minimum Gasteiger partial charge on any atom is -0.482 e. The third kappa shape index (κ3) is 13.5. The molecule has 0 spiro atoms. The van der Waals surface area contributed by atoms with Crippen LogP contribution in [0.4, 0.5) is 0 Å². The molecule has 0 saturated carbocycles. The van der Waals surface area contributed by atoms with Gasteiger partial charge in [0.2, 0.25) is 0 Å². The molecule has 228 valence electrons. The molecule has 0 radical (unpaired) electrons. The first-order valence-electron chi connectivity index (χ1n) is 12.9. The molecule has 2 aromatic rings. The molecule has 0 saturated heterocycles. The summed E-state index contributed by atoms with van der Waals surface area (Å²) in [7, 11) is -3.83. The lowest BCUT2D eigenvalue weighted by Gasteiger charge is -2.07. The maximum atomic E-state index is 12.6. The normalized spacial score (nSPS) is 11.1. The van der Waals surface area contributed by atoms with E-state index in [9.17, 15) is 32.4 Å². The second-order valence-corrected chi connectivity index (χ2v) is 11.1. The number of ketones is 3. The zero-order valence-corrected chi connectivity index (χ0v) is 23.9. The van der Waals surface area contributed by atoms with Crippen molar-refractivity contribution in [3.05, 3.63) is 48.0 Å². The van der Waals surface area contributed by atoms with Gasteiger partial charge in [-0.1, -0.05) is 0 Å². The number of aromatic nitrogens is 2. The van der Waals surface area contributed by atoms with E-state index in [2.05, 4.69) is 15.3 Å². The molecule has 1 aromatic carbocycles. The largest absolute Gasteiger partial charge is 0.482 e. The van der Waals surface area contributed by atoms with E-state index in [0.717, 1.165) is 12.4 Å². The van der Waals surface area contributed by atoms with Crippen LogP contribution in [0, 0.1) is 0 Å². The van der Waals surface area contributed by atoms with Crippen LogP contribution in [0.2, 0.25) is 0 Å². The fourth-order valence-electron chi connectivity index (χ4n) is 3.27. The molecule has 42 heavy (non-hydrogen) atoms. The first kappa shape index (κ1) is 34.1. The Balaban J connectivity index is 1.67. The number of rotatable bonds is 21. The van der Waals surface area contributed by atoms with Gasteiger partial charge in [-0.15, -0.1) is 0 Å². The molecule has 1 amide bonds. The number of carbonyl (C=O) groups excluding carboxylic acids is 4. The number of carbonyl (C=O) groups is 5. The van der Waals surface area contributed by atoms with Gasteiger partial charge >= 0.3 is 5.97 Å². The van der Waals surface area contributed by atoms with E-state index in [1.54, 1.807) is 0 Å². The third-order valence-electron chi connectivity index (χ3n) is 5.33. The molecule has 0 bridgehead atoms. The average molecular weight is 608 g/mol. The summed E-state index contributed by atoms with van der Waals surface area (Å²) in [5, 5.41) is 11.1. The van der Waals surface area contributed by atoms with E-state index in [-0.39, 0.29) is 78.6 Å². The standard InChI is InChI=1S/C27H33N3O11S/c1-19(31)15-39-10-3-5-22(33)16-40-11-2-4-21(32)14-30-27(36)20-12-28-25(29-13-20)18-42(37,38)24-8-6-23(7-9-24)41-17-26(34)35/h6-9,12-13H,2-5,10-11,14-18H2,1H3,(H,30,36)(H,34,35). The predicted molar refractivity (Wildman–Crippen MR) is 146 cm³/mol. The van der Waals surface area contributed by atoms with Crippen molar-refractivity contribution < 1.29 is 51.7 Å². The second-order valence-electron chi connectivity index (χ2n) is 9.08. The SMILES string of the molecule is CC(=O)COCCCC(=O)COCCCC(=O)CNC(=O)c1cnc(CS(=O)(=O)c2ccc(OCC(=O)O)cc2)nc1. The van der Waals surface area contributed by atoms with Gasteiger partial charge in [0.15, 0.2) is 33.8 Å². The molecule has 1 heterocycles. The molecule has 0 aliphatic heterocycles. The molecule has 0 fully saturated rings. The van der Waals surface area contributed by atoms with Gasteiger partial charge in [-0.05, 0) is 44.0 Å². The highest BCUT2D eigenvalue weighted by Gasteiger charge is 2.18. The van der Waals surface area contributed by atoms with Gasteiger partial charge in [0.05, 0.1) is 17.0 Å². The first-order chi connectivity index (χ1) is 20.0. The smallest absolute Gasteiger partial charge is 0.341 e. The van der Waals surface area contributed by atoms with Gasteiger partial charge in [0, 0.05) is 38.4 Å². The number of sulfone groups is 1. The van der Waals surface area contributed by atoms with Crippen molar-refractivity contribution in [2.24, 2.45) is 0 Å². The number of hydrogen-bond acceptors (Lipinski definition) is 12. The molecule has 2 N–H and O–H groups in total. The van der Waals surface area contributed by atoms with E-state index in [0.29, 0.717) is 19.4 Å². The summed E-state index contributed by atoms with van der Waals surface area (Å²) in [4.78, 5) is 65.2. The van der Waals surface area contributed by atoms with Gasteiger partial charge in [0.1, 0.15) is 30.5 Å². The van der Waals surface area contributed by atoms with Gasteiger partial charge in [0.25, 0.3) is 5.91 Å². The number of Topliss-reactive ketones (excluding diaryl/α,β-unsaturated/α-hetero) is 3. The quantitative estimate of drug-likeness (QED) is 0.190. The van der Waals surface area contributed by atoms with Crippen molar-refractivity contribution in [1.29, 1.82) is 0 Å². The Hall–Kier alpha value is -4.08. The lowest BCUT2D eigenvalue weighted by atomic mass is 10.2. The summed E-state index contributed by atoms with van der Waals surface area (Å²) in [5.74, 6) is -2.59. The molecular weight excluding hydrogens is 574 g/mol. The number of amides is 1. The number of nitrogens with one attached hydrogen (secondary N) is 1. The van der Waals surface area contributed by atoms with Crippen LogP contribution in [0.25, 0.3) is 0 Å². The number of ether oxygens (including phenoxy) is 3. The van der Waals surface area contributed by atoms with E-state index in [1.807, 2.05) is 0 Å². The lowest BCUT2D eigenvalue weighted by molar-refractivity contribution is -0.139. The summed E-state index contributed by atoms with van der Waals surface area (Å²) in [6.45, 7) is 1.09. The van der Waals surface area contributed by atoms with E-state index < -0.39 is 34.1 Å². The van der Waals surface area contributed by atoms with Crippen LogP contribution >= 0.6 is 0 Å². The van der Waals surface area contributed by atoms with Crippen LogP contribution in [0.15, 0.2) is 41.6 Å². The maximum Gasteiger partial charge on any atom is 0.341 e. The number of nitrogens with zero attached hydrogens (tertiary/aromatic N) is 2. The second kappa shape index (κ2) is 17.7. The molecule has 2 rings (SSSR count). The Morgan fingerprint density at radius 1 is 0.857 bits per heavy atom. The molecular formula is C27H33N3O11S. The van der Waals surface area contributed by atoms with Crippen molar-refractivity contribution in [2.45, 2.75) is 43.3 Å². The highest BCUT2D eigenvalue weighted by molar-refractivity contribution is 7.90. The van der Waals surface area contributed by atoms with Crippen molar-refractivity contribution in [2.75, 3.05) is 39.6 Å². The molecule has 14 nitrogen and oxygen atoms in total. The Morgan fingerprint density at radius 3 is 2.05 bits per heavy atom. The van der Waals surface area contributed by atoms with Crippen molar-refractivity contribution in [3.63, 3.8) is 0 Å². The van der Waals surface area contributed by atoms with E-state index in [1.165, 1.54) is 31.2 Å². The Labute approximate surface area is 242 Å². The zero-order chi connectivity index (χ0) is 31.0. The van der Waals surface area contributed by atoms with Crippen LogP contribution in [0.3, 0.4) is 0 Å². The summed E-state index contributed by atoms with van der Waals surface area (Å²) in [6.07, 6.45) is 3.57. The highest BCUT2D eigenvalue weighted by Crippen LogP contribution is 2.19. The lowest BCUT2D eigenvalue weighted by Crippen LogP contribution is -2.29. The number of aliphatic carboxylic acids is 1. The molecule has 0 aliphatic carbocycles. The van der Waals surface area contributed by atoms with Crippen LogP contribution in [-0.4, -0.2) is 92.3 Å². The van der Waals surface area contributed by atoms with Crippen molar-refractivity contribution in [3.8, 4) is 5.75 Å². The van der Waals surface area contributed by atoms with Gasteiger partial charge in [-0.2, -0.15) is 0 Å². The van der Waals surface area contributed by atoms with Gasteiger partial charge < -0.3 is 24.6 Å². The van der Waals surface area contributed by atoms with E-state index in [4.69, 9.17) is 19.3 Å². The molecule has 1 aromatic heterocycles. The van der Waals surface area contributed by atoms with Crippen LogP contribution in [0.1, 0.15) is 48.8 Å². The molecule has 0 atom stereocenters. The van der Waals surface area contributed by atoms with E-state index >= 15 is 0 Å². The Bertz CT molecular complexity index is 1330. The number of hydrogen-bond donors (Lipinski definition) is 2. The average Bonchev–Trinajstić information content (AvgIpc) is 2.94. The monoisotopic (exact) mass is 607 g/mol. The Kier molecular flexibility index (Phi) is 14.4. The number of benzene rings is 1. The van der Waals surface area contributed by atoms with Crippen molar-refractivity contribution >= 4 is 39.1 Å². The molecule has 0 unspecified atom stereocenters. The van der Waals surface area contributed by atoms with Crippen LogP contribution in [-0.2, 0) is 44.2 Å². The fourth-order valence-corrected chi connectivity index (χ4v) is 4.48. The zero-order valence-electron chi connectivity index (χ0n) is 23.1. The maximum absolute atomic E-state index is 12.6. The minimum absolute atomic E-state index is 0.0280. The van der Waals surface area contributed by atoms with Crippen molar-refractivity contribution in [1.82, 2.24) is 15.3 Å². The number of carboxylic acid groups (broad SMARTS) is 1.